The quantitative estimate of drug-likeness (QED) is 0.881. The van der Waals surface area contributed by atoms with Crippen molar-refractivity contribution in [3.8, 4) is 0 Å². The first kappa shape index (κ1) is 15.4. The van der Waals surface area contributed by atoms with Gasteiger partial charge < -0.3 is 10.2 Å². The summed E-state index contributed by atoms with van der Waals surface area (Å²) in [7, 11) is 1.77. The summed E-state index contributed by atoms with van der Waals surface area (Å²) >= 11 is 5.86. The van der Waals surface area contributed by atoms with Crippen LogP contribution in [0.4, 0.5) is 10.5 Å². The molecule has 0 aliphatic heterocycles. The third-order valence-corrected chi connectivity index (χ3v) is 3.57. The van der Waals surface area contributed by atoms with Gasteiger partial charge in [0.25, 0.3) is 0 Å². The lowest BCUT2D eigenvalue weighted by Gasteiger charge is -2.19. The van der Waals surface area contributed by atoms with E-state index < -0.39 is 0 Å². The zero-order valence-corrected chi connectivity index (χ0v) is 13.2. The molecule has 0 aliphatic rings. The lowest BCUT2D eigenvalue weighted by molar-refractivity contribution is 0.220. The van der Waals surface area contributed by atoms with E-state index >= 15 is 0 Å². The number of benzene rings is 2. The second kappa shape index (κ2) is 6.64. The average Bonchev–Trinajstić information content (AvgIpc) is 2.45. The van der Waals surface area contributed by atoms with Crippen molar-refractivity contribution in [3.63, 3.8) is 0 Å². The molecule has 1 N–H and O–H groups in total. The van der Waals surface area contributed by atoms with Gasteiger partial charge in [0.1, 0.15) is 0 Å². The van der Waals surface area contributed by atoms with Crippen molar-refractivity contribution in [2.24, 2.45) is 0 Å². The van der Waals surface area contributed by atoms with Crippen molar-refractivity contribution in [1.29, 1.82) is 0 Å². The molecule has 0 saturated carbocycles. The summed E-state index contributed by atoms with van der Waals surface area (Å²) in [4.78, 5) is 13.9. The molecule has 0 heterocycles. The van der Waals surface area contributed by atoms with Gasteiger partial charge in [0, 0.05) is 24.3 Å². The molecule has 2 aromatic carbocycles. The number of amides is 2. The normalized spacial score (nSPS) is 10.3. The van der Waals surface area contributed by atoms with Crippen LogP contribution in [0.15, 0.2) is 42.5 Å². The third kappa shape index (κ3) is 4.23. The molecule has 0 atom stereocenters. The number of carbonyl (C=O) groups is 1. The SMILES string of the molecule is Cc1ccc(C)c(NC(=O)N(C)Cc2ccc(Cl)cc2)c1. The molecule has 0 aliphatic carbocycles. The number of urea groups is 1. The highest BCUT2D eigenvalue weighted by atomic mass is 35.5. The van der Waals surface area contributed by atoms with E-state index in [1.165, 1.54) is 0 Å². The molecule has 2 rings (SSSR count). The number of hydrogen-bond donors (Lipinski definition) is 1. The molecule has 0 saturated heterocycles. The van der Waals surface area contributed by atoms with E-state index in [2.05, 4.69) is 5.32 Å². The number of hydrogen-bond acceptors (Lipinski definition) is 1. The molecule has 4 heteroatoms. The van der Waals surface area contributed by atoms with Gasteiger partial charge in [0.05, 0.1) is 0 Å². The summed E-state index contributed by atoms with van der Waals surface area (Å²) in [5.74, 6) is 0. The van der Waals surface area contributed by atoms with E-state index in [1.54, 1.807) is 11.9 Å². The topological polar surface area (TPSA) is 32.3 Å². The predicted molar refractivity (Wildman–Crippen MR) is 87.9 cm³/mol. The van der Waals surface area contributed by atoms with Crippen LogP contribution in [0.25, 0.3) is 0 Å². The molecule has 3 nitrogen and oxygen atoms in total. The zero-order valence-electron chi connectivity index (χ0n) is 12.5. The summed E-state index contributed by atoms with van der Waals surface area (Å²) in [6.07, 6.45) is 0. The third-order valence-electron chi connectivity index (χ3n) is 3.31. The predicted octanol–water partition coefficient (Wildman–Crippen LogP) is 4.62. The Morgan fingerprint density at radius 3 is 2.48 bits per heavy atom. The summed E-state index contributed by atoms with van der Waals surface area (Å²) in [5, 5.41) is 3.64. The van der Waals surface area contributed by atoms with Gasteiger partial charge in [0.2, 0.25) is 0 Å². The summed E-state index contributed by atoms with van der Waals surface area (Å²) in [5.41, 5.74) is 4.06. The van der Waals surface area contributed by atoms with E-state index in [1.807, 2.05) is 56.3 Å². The molecule has 0 spiro atoms. The Bertz CT molecular complexity index is 638. The average molecular weight is 303 g/mol. The first-order valence-electron chi connectivity index (χ1n) is 6.79. The highest BCUT2D eigenvalue weighted by Gasteiger charge is 2.10. The van der Waals surface area contributed by atoms with Gasteiger partial charge in [-0.2, -0.15) is 0 Å². The zero-order chi connectivity index (χ0) is 15.4. The fourth-order valence-electron chi connectivity index (χ4n) is 2.02. The summed E-state index contributed by atoms with van der Waals surface area (Å²) < 4.78 is 0. The Morgan fingerprint density at radius 2 is 1.81 bits per heavy atom. The van der Waals surface area contributed by atoms with Gasteiger partial charge in [-0.1, -0.05) is 35.9 Å². The minimum absolute atomic E-state index is 0.126. The Balaban J connectivity index is 2.02. The van der Waals surface area contributed by atoms with Crippen LogP contribution in [0.3, 0.4) is 0 Å². The van der Waals surface area contributed by atoms with Crippen LogP contribution in [-0.2, 0) is 6.54 Å². The van der Waals surface area contributed by atoms with E-state index in [0.717, 1.165) is 22.4 Å². The van der Waals surface area contributed by atoms with Crippen LogP contribution in [-0.4, -0.2) is 18.0 Å². The van der Waals surface area contributed by atoms with Crippen molar-refractivity contribution >= 4 is 23.3 Å². The minimum atomic E-state index is -0.126. The van der Waals surface area contributed by atoms with Crippen LogP contribution in [0.5, 0.6) is 0 Å². The van der Waals surface area contributed by atoms with Crippen LogP contribution >= 0.6 is 11.6 Å². The van der Waals surface area contributed by atoms with Crippen LogP contribution in [0.2, 0.25) is 5.02 Å². The molecule has 110 valence electrons. The van der Waals surface area contributed by atoms with Gasteiger partial charge in [-0.15, -0.1) is 0 Å². The fourth-order valence-corrected chi connectivity index (χ4v) is 2.14. The second-order valence-electron chi connectivity index (χ2n) is 5.23. The Morgan fingerprint density at radius 1 is 1.14 bits per heavy atom. The molecular weight excluding hydrogens is 284 g/mol. The maximum atomic E-state index is 12.2. The first-order chi connectivity index (χ1) is 9.95. The van der Waals surface area contributed by atoms with Gasteiger partial charge in [-0.05, 0) is 48.7 Å². The maximum absolute atomic E-state index is 12.2. The molecule has 0 unspecified atom stereocenters. The maximum Gasteiger partial charge on any atom is 0.321 e. The van der Waals surface area contributed by atoms with Crippen molar-refractivity contribution in [2.75, 3.05) is 12.4 Å². The smallest absolute Gasteiger partial charge is 0.321 e. The lowest BCUT2D eigenvalue weighted by Crippen LogP contribution is -2.31. The molecular formula is C17H19ClN2O. The van der Waals surface area contributed by atoms with Gasteiger partial charge in [0.15, 0.2) is 0 Å². The van der Waals surface area contributed by atoms with Crippen molar-refractivity contribution < 1.29 is 4.79 Å². The second-order valence-corrected chi connectivity index (χ2v) is 5.67. The van der Waals surface area contributed by atoms with Crippen LogP contribution in [0.1, 0.15) is 16.7 Å². The summed E-state index contributed by atoms with van der Waals surface area (Å²) in [6.45, 7) is 4.52. The number of nitrogens with zero attached hydrogens (tertiary/aromatic N) is 1. The number of aryl methyl sites for hydroxylation is 2. The standard InChI is InChI=1S/C17H19ClN2O/c1-12-4-5-13(2)16(10-12)19-17(21)20(3)11-14-6-8-15(18)9-7-14/h4-10H,11H2,1-3H3,(H,19,21). The highest BCUT2D eigenvalue weighted by Crippen LogP contribution is 2.17. The van der Waals surface area contributed by atoms with E-state index in [0.29, 0.717) is 11.6 Å². The van der Waals surface area contributed by atoms with Crippen molar-refractivity contribution in [3.05, 3.63) is 64.2 Å². The minimum Gasteiger partial charge on any atom is -0.323 e. The Hall–Kier alpha value is -2.00. The molecule has 21 heavy (non-hydrogen) atoms. The Labute approximate surface area is 130 Å². The van der Waals surface area contributed by atoms with E-state index in [9.17, 15) is 4.79 Å². The number of halogens is 1. The number of nitrogens with one attached hydrogen (secondary N) is 1. The molecule has 0 fully saturated rings. The number of anilines is 1. The van der Waals surface area contributed by atoms with Gasteiger partial charge in [-0.3, -0.25) is 0 Å². The van der Waals surface area contributed by atoms with Gasteiger partial charge in [-0.25, -0.2) is 4.79 Å². The molecule has 2 amide bonds. The summed E-state index contributed by atoms with van der Waals surface area (Å²) in [6, 6.07) is 13.4. The van der Waals surface area contributed by atoms with Crippen LogP contribution < -0.4 is 5.32 Å². The molecule has 0 aromatic heterocycles. The lowest BCUT2D eigenvalue weighted by atomic mass is 10.1. The van der Waals surface area contributed by atoms with Gasteiger partial charge >= 0.3 is 6.03 Å². The van der Waals surface area contributed by atoms with E-state index in [-0.39, 0.29) is 6.03 Å². The number of carbonyl (C=O) groups excluding carboxylic acids is 1. The monoisotopic (exact) mass is 302 g/mol. The first-order valence-corrected chi connectivity index (χ1v) is 7.17. The molecule has 0 radical (unpaired) electrons. The fraction of sp³-hybridized carbons (Fsp3) is 0.235. The molecule has 2 aromatic rings. The van der Waals surface area contributed by atoms with Crippen LogP contribution in [0, 0.1) is 13.8 Å². The largest absolute Gasteiger partial charge is 0.323 e. The Kier molecular flexibility index (Phi) is 4.86. The van der Waals surface area contributed by atoms with Crippen molar-refractivity contribution in [2.45, 2.75) is 20.4 Å². The highest BCUT2D eigenvalue weighted by molar-refractivity contribution is 6.30. The number of rotatable bonds is 3. The van der Waals surface area contributed by atoms with Crippen molar-refractivity contribution in [1.82, 2.24) is 4.90 Å². The molecule has 0 bridgehead atoms. The van der Waals surface area contributed by atoms with E-state index in [4.69, 9.17) is 11.6 Å².